The molecule has 28 heavy (non-hydrogen) atoms. The predicted octanol–water partition coefficient (Wildman–Crippen LogP) is 2.80. The van der Waals surface area contributed by atoms with Crippen molar-refractivity contribution in [2.75, 3.05) is 19.8 Å². The molecule has 0 radical (unpaired) electrons. The molecule has 0 aromatic heterocycles. The normalized spacial score (nSPS) is 19.0. The van der Waals surface area contributed by atoms with E-state index in [4.69, 9.17) is 9.84 Å². The van der Waals surface area contributed by atoms with Gasteiger partial charge in [-0.25, -0.2) is 4.79 Å². The van der Waals surface area contributed by atoms with Crippen molar-refractivity contribution in [1.29, 1.82) is 0 Å². The zero-order chi connectivity index (χ0) is 20.2. The lowest BCUT2D eigenvalue weighted by Gasteiger charge is -2.30. The highest BCUT2D eigenvalue weighted by Crippen LogP contribution is 2.22. The van der Waals surface area contributed by atoms with Crippen molar-refractivity contribution >= 4 is 11.9 Å². The van der Waals surface area contributed by atoms with Crippen LogP contribution in [0.15, 0.2) is 42.5 Å². The highest BCUT2D eigenvalue weighted by Gasteiger charge is 2.25. The molecule has 1 unspecified atom stereocenters. The first-order valence-corrected chi connectivity index (χ1v) is 10.0. The molecule has 2 N–H and O–H groups in total. The molecule has 1 aliphatic rings. The fourth-order valence-electron chi connectivity index (χ4n) is 3.55. The SMILES string of the molecule is O=C(O)COC/C=C\CN1C(=O)CCCC[C@@H]1CCC(O)Cc1ccccc1. The molecular formula is C22H31NO5. The van der Waals surface area contributed by atoms with E-state index in [0.29, 0.717) is 25.8 Å². The maximum atomic E-state index is 12.5. The molecule has 1 heterocycles. The minimum absolute atomic E-state index is 0.130. The van der Waals surface area contributed by atoms with Crippen molar-refractivity contribution in [1.82, 2.24) is 4.90 Å². The number of carbonyl (C=O) groups is 2. The summed E-state index contributed by atoms with van der Waals surface area (Å²) in [4.78, 5) is 24.8. The molecule has 1 aromatic carbocycles. The highest BCUT2D eigenvalue weighted by molar-refractivity contribution is 5.77. The molecule has 0 bridgehead atoms. The molecule has 154 valence electrons. The van der Waals surface area contributed by atoms with Crippen molar-refractivity contribution in [3.8, 4) is 0 Å². The van der Waals surface area contributed by atoms with E-state index in [9.17, 15) is 14.7 Å². The van der Waals surface area contributed by atoms with Gasteiger partial charge in [-0.2, -0.15) is 0 Å². The second kappa shape index (κ2) is 12.3. The molecule has 0 aliphatic carbocycles. The van der Waals surface area contributed by atoms with Crippen LogP contribution in [0.2, 0.25) is 0 Å². The molecule has 1 aliphatic heterocycles. The zero-order valence-corrected chi connectivity index (χ0v) is 16.3. The van der Waals surface area contributed by atoms with Crippen molar-refractivity contribution < 1.29 is 24.5 Å². The first-order chi connectivity index (χ1) is 13.6. The van der Waals surface area contributed by atoms with Crippen LogP contribution in [0.25, 0.3) is 0 Å². The number of rotatable bonds is 11. The number of aliphatic hydroxyl groups is 1. The summed E-state index contributed by atoms with van der Waals surface area (Å²) in [6.07, 6.45) is 8.71. The minimum Gasteiger partial charge on any atom is -0.480 e. The molecule has 1 amide bonds. The Morgan fingerprint density at radius 2 is 2.04 bits per heavy atom. The van der Waals surface area contributed by atoms with Crippen molar-refractivity contribution in [3.05, 3.63) is 48.0 Å². The van der Waals surface area contributed by atoms with Gasteiger partial charge >= 0.3 is 5.97 Å². The first-order valence-electron chi connectivity index (χ1n) is 10.0. The van der Waals surface area contributed by atoms with Crippen LogP contribution >= 0.6 is 0 Å². The van der Waals surface area contributed by atoms with Gasteiger partial charge < -0.3 is 19.8 Å². The third-order valence-corrected chi connectivity index (χ3v) is 4.99. The second-order valence-electron chi connectivity index (χ2n) is 7.25. The molecule has 2 atom stereocenters. The Balaban J connectivity index is 1.83. The molecule has 2 rings (SSSR count). The van der Waals surface area contributed by atoms with Crippen LogP contribution in [-0.4, -0.2) is 58.9 Å². The molecule has 0 spiro atoms. The van der Waals surface area contributed by atoms with Gasteiger partial charge in [0.25, 0.3) is 0 Å². The average Bonchev–Trinajstić information content (AvgIpc) is 2.85. The topological polar surface area (TPSA) is 87.1 Å². The Hall–Kier alpha value is -2.18. The molecular weight excluding hydrogens is 358 g/mol. The lowest BCUT2D eigenvalue weighted by molar-refractivity contribution is -0.141. The first kappa shape index (κ1) is 22.1. The number of amides is 1. The van der Waals surface area contributed by atoms with E-state index in [2.05, 4.69) is 0 Å². The number of hydrogen-bond donors (Lipinski definition) is 2. The highest BCUT2D eigenvalue weighted by atomic mass is 16.5. The summed E-state index contributed by atoms with van der Waals surface area (Å²) in [5.74, 6) is -0.846. The number of carbonyl (C=O) groups excluding carboxylic acids is 1. The standard InChI is InChI=1S/C22H31NO5/c24-20(16-18-8-2-1-3-9-18)13-12-19-10-4-5-11-21(25)23(19)14-6-7-15-28-17-22(26)27/h1-3,6-9,19-20,24H,4-5,10-17H2,(H,26,27)/b7-6-/t19-,20?/m1/s1. The summed E-state index contributed by atoms with van der Waals surface area (Å²) < 4.78 is 4.98. The summed E-state index contributed by atoms with van der Waals surface area (Å²) >= 11 is 0. The average molecular weight is 389 g/mol. The van der Waals surface area contributed by atoms with Gasteiger partial charge in [0.2, 0.25) is 5.91 Å². The quantitative estimate of drug-likeness (QED) is 0.449. The lowest BCUT2D eigenvalue weighted by Crippen LogP contribution is -2.39. The Morgan fingerprint density at radius 1 is 1.25 bits per heavy atom. The number of benzene rings is 1. The number of aliphatic hydroxyl groups excluding tert-OH is 1. The van der Waals surface area contributed by atoms with E-state index in [-0.39, 0.29) is 25.2 Å². The van der Waals surface area contributed by atoms with Crippen LogP contribution in [0.1, 0.15) is 44.1 Å². The molecule has 1 aromatic rings. The van der Waals surface area contributed by atoms with Gasteiger partial charge in [-0.1, -0.05) is 48.9 Å². The summed E-state index contributed by atoms with van der Waals surface area (Å²) in [5, 5.41) is 18.9. The fraction of sp³-hybridized carbons (Fsp3) is 0.545. The van der Waals surface area contributed by atoms with Gasteiger partial charge in [-0.15, -0.1) is 0 Å². The van der Waals surface area contributed by atoms with Crippen LogP contribution < -0.4 is 0 Å². The van der Waals surface area contributed by atoms with E-state index in [1.807, 2.05) is 41.3 Å². The van der Waals surface area contributed by atoms with Crippen LogP contribution in [0.3, 0.4) is 0 Å². The monoisotopic (exact) mass is 389 g/mol. The van der Waals surface area contributed by atoms with Crippen LogP contribution in [-0.2, 0) is 20.7 Å². The number of nitrogens with zero attached hydrogens (tertiary/aromatic N) is 1. The smallest absolute Gasteiger partial charge is 0.329 e. The van der Waals surface area contributed by atoms with Crippen molar-refractivity contribution in [2.24, 2.45) is 0 Å². The number of likely N-dealkylation sites (tertiary alicyclic amines) is 1. The van der Waals surface area contributed by atoms with E-state index in [1.54, 1.807) is 6.08 Å². The Bertz CT molecular complexity index is 631. The molecule has 1 fully saturated rings. The number of carboxylic acid groups (broad SMARTS) is 1. The van der Waals surface area contributed by atoms with Gasteiger partial charge in [0.15, 0.2) is 0 Å². The minimum atomic E-state index is -0.995. The van der Waals surface area contributed by atoms with Gasteiger partial charge in [0.1, 0.15) is 6.61 Å². The molecule has 6 heteroatoms. The zero-order valence-electron chi connectivity index (χ0n) is 16.3. The van der Waals surface area contributed by atoms with Gasteiger partial charge in [0.05, 0.1) is 12.7 Å². The fourth-order valence-corrected chi connectivity index (χ4v) is 3.55. The number of hydrogen-bond acceptors (Lipinski definition) is 4. The van der Waals surface area contributed by atoms with E-state index in [1.165, 1.54) is 0 Å². The van der Waals surface area contributed by atoms with Crippen LogP contribution in [0, 0.1) is 0 Å². The van der Waals surface area contributed by atoms with E-state index in [0.717, 1.165) is 31.2 Å². The molecule has 6 nitrogen and oxygen atoms in total. The van der Waals surface area contributed by atoms with Gasteiger partial charge in [-0.3, -0.25) is 4.79 Å². The Labute approximate surface area is 166 Å². The molecule has 1 saturated heterocycles. The maximum absolute atomic E-state index is 12.5. The Kier molecular flexibility index (Phi) is 9.72. The predicted molar refractivity (Wildman–Crippen MR) is 107 cm³/mol. The van der Waals surface area contributed by atoms with Crippen molar-refractivity contribution in [3.63, 3.8) is 0 Å². The van der Waals surface area contributed by atoms with E-state index < -0.39 is 12.1 Å². The lowest BCUT2D eigenvalue weighted by atomic mass is 9.98. The summed E-state index contributed by atoms with van der Waals surface area (Å²) in [7, 11) is 0. The van der Waals surface area contributed by atoms with Crippen LogP contribution in [0.4, 0.5) is 0 Å². The maximum Gasteiger partial charge on any atom is 0.329 e. The number of carboxylic acids is 1. The molecule has 0 saturated carbocycles. The largest absolute Gasteiger partial charge is 0.480 e. The van der Waals surface area contributed by atoms with Gasteiger partial charge in [-0.05, 0) is 37.7 Å². The summed E-state index contributed by atoms with van der Waals surface area (Å²) in [5.41, 5.74) is 1.12. The third kappa shape index (κ3) is 8.23. The third-order valence-electron chi connectivity index (χ3n) is 4.99. The van der Waals surface area contributed by atoms with Crippen molar-refractivity contribution in [2.45, 2.75) is 57.1 Å². The number of aliphatic carboxylic acids is 1. The summed E-state index contributed by atoms with van der Waals surface area (Å²) in [6, 6.07) is 10.1. The summed E-state index contributed by atoms with van der Waals surface area (Å²) in [6.45, 7) is 0.387. The van der Waals surface area contributed by atoms with Gasteiger partial charge in [0, 0.05) is 19.0 Å². The Morgan fingerprint density at radius 3 is 2.79 bits per heavy atom. The second-order valence-corrected chi connectivity index (χ2v) is 7.25. The van der Waals surface area contributed by atoms with Crippen LogP contribution in [0.5, 0.6) is 0 Å². The van der Waals surface area contributed by atoms with E-state index >= 15 is 0 Å². The number of ether oxygens (including phenoxy) is 1.